The fraction of sp³-hybridized carbons (Fsp3) is 0.300. The lowest BCUT2D eigenvalue weighted by Crippen LogP contribution is -2.41. The number of carbonyl (C=O) groups is 1. The highest BCUT2D eigenvalue weighted by Crippen LogP contribution is 2.25. The first kappa shape index (κ1) is 12.0. The van der Waals surface area contributed by atoms with Gasteiger partial charge in [0.1, 0.15) is 6.04 Å². The number of carbonyl (C=O) groups excluding carboxylic acids is 1. The number of anilines is 1. The van der Waals surface area contributed by atoms with E-state index in [9.17, 15) is 4.79 Å². The molecule has 0 bridgehead atoms. The molecule has 1 atom stereocenters. The maximum absolute atomic E-state index is 10.7. The number of primary amides is 1. The maximum atomic E-state index is 10.7. The minimum absolute atomic E-state index is 0.331. The monoisotopic (exact) mass is 271 g/mol. The van der Waals surface area contributed by atoms with Crippen molar-refractivity contribution < 1.29 is 4.79 Å². The van der Waals surface area contributed by atoms with E-state index in [1.807, 2.05) is 25.1 Å². The van der Waals surface area contributed by atoms with Gasteiger partial charge in [-0.1, -0.05) is 12.1 Å². The van der Waals surface area contributed by atoms with Crippen LogP contribution < -0.4 is 16.8 Å². The first-order valence-electron chi connectivity index (χ1n) is 4.56. The normalized spacial score (nSPS) is 12.2. The van der Waals surface area contributed by atoms with Crippen molar-refractivity contribution in [1.29, 1.82) is 0 Å². The van der Waals surface area contributed by atoms with Crippen LogP contribution in [0.5, 0.6) is 0 Å². The van der Waals surface area contributed by atoms with E-state index in [0.717, 1.165) is 15.7 Å². The van der Waals surface area contributed by atoms with Gasteiger partial charge >= 0.3 is 0 Å². The molecular formula is C10H14BrN3O. The Kier molecular flexibility index (Phi) is 4.11. The fourth-order valence-corrected chi connectivity index (χ4v) is 1.51. The Hall–Kier alpha value is -1.07. The lowest BCUT2D eigenvalue weighted by atomic mass is 10.2. The smallest absolute Gasteiger partial charge is 0.236 e. The summed E-state index contributed by atoms with van der Waals surface area (Å²) in [6, 6.07) is 5.16. The molecule has 0 aliphatic heterocycles. The minimum atomic E-state index is -0.669. The van der Waals surface area contributed by atoms with Gasteiger partial charge in [0.2, 0.25) is 5.91 Å². The highest BCUT2D eigenvalue weighted by Gasteiger charge is 2.09. The van der Waals surface area contributed by atoms with Crippen LogP contribution in [-0.2, 0) is 4.79 Å². The summed E-state index contributed by atoms with van der Waals surface area (Å²) in [5.74, 6) is -0.508. The molecular weight excluding hydrogens is 258 g/mol. The summed E-state index contributed by atoms with van der Waals surface area (Å²) in [5, 5.41) is 3.06. The van der Waals surface area contributed by atoms with Crippen molar-refractivity contribution in [3.05, 3.63) is 28.2 Å². The molecule has 0 spiro atoms. The second-order valence-corrected chi connectivity index (χ2v) is 4.12. The average Bonchev–Trinajstić information content (AvgIpc) is 2.19. The third-order valence-electron chi connectivity index (χ3n) is 2.07. The van der Waals surface area contributed by atoms with Gasteiger partial charge in [0.25, 0.3) is 0 Å². The van der Waals surface area contributed by atoms with Gasteiger partial charge in [-0.15, -0.1) is 0 Å². The summed E-state index contributed by atoms with van der Waals surface area (Å²) in [6.45, 7) is 2.32. The minimum Gasteiger partial charge on any atom is -0.382 e. The van der Waals surface area contributed by atoms with Crippen LogP contribution in [0.3, 0.4) is 0 Å². The zero-order valence-corrected chi connectivity index (χ0v) is 10.0. The zero-order valence-electron chi connectivity index (χ0n) is 8.46. The average molecular weight is 272 g/mol. The molecule has 0 saturated carbocycles. The van der Waals surface area contributed by atoms with Crippen molar-refractivity contribution in [3.63, 3.8) is 0 Å². The summed E-state index contributed by atoms with van der Waals surface area (Å²) in [6.07, 6.45) is 0. The number of nitrogens with two attached hydrogens (primary N) is 2. The van der Waals surface area contributed by atoms with Gasteiger partial charge < -0.3 is 16.8 Å². The molecule has 5 heteroatoms. The van der Waals surface area contributed by atoms with Crippen molar-refractivity contribution >= 4 is 27.5 Å². The number of amides is 1. The molecule has 4 nitrogen and oxygen atoms in total. The molecule has 5 N–H and O–H groups in total. The Morgan fingerprint density at radius 2 is 2.27 bits per heavy atom. The SMILES string of the molecule is Cc1cccc(NCC(N)C(N)=O)c1Br. The molecule has 0 aliphatic carbocycles. The first-order valence-corrected chi connectivity index (χ1v) is 5.35. The molecule has 0 heterocycles. The second kappa shape index (κ2) is 5.14. The number of aryl methyl sites for hydroxylation is 1. The molecule has 15 heavy (non-hydrogen) atoms. The molecule has 0 aliphatic rings. The third-order valence-corrected chi connectivity index (χ3v) is 3.12. The maximum Gasteiger partial charge on any atom is 0.236 e. The summed E-state index contributed by atoms with van der Waals surface area (Å²) in [5.41, 5.74) is 12.6. The molecule has 1 rings (SSSR count). The Labute approximate surface area is 97.1 Å². The largest absolute Gasteiger partial charge is 0.382 e. The van der Waals surface area contributed by atoms with Crippen molar-refractivity contribution in [3.8, 4) is 0 Å². The van der Waals surface area contributed by atoms with Crippen molar-refractivity contribution in [2.45, 2.75) is 13.0 Å². The Morgan fingerprint density at radius 3 is 2.87 bits per heavy atom. The summed E-state index contributed by atoms with van der Waals surface area (Å²) < 4.78 is 0.974. The van der Waals surface area contributed by atoms with Gasteiger partial charge in [0.05, 0.1) is 0 Å². The molecule has 1 aromatic carbocycles. The van der Waals surface area contributed by atoms with Crippen molar-refractivity contribution in [2.24, 2.45) is 11.5 Å². The van der Waals surface area contributed by atoms with Gasteiger partial charge in [-0.05, 0) is 34.5 Å². The summed E-state index contributed by atoms with van der Waals surface area (Å²) in [4.78, 5) is 10.7. The van der Waals surface area contributed by atoms with Crippen molar-refractivity contribution in [1.82, 2.24) is 0 Å². The van der Waals surface area contributed by atoms with Crippen LogP contribution in [0.1, 0.15) is 5.56 Å². The van der Waals surface area contributed by atoms with E-state index >= 15 is 0 Å². The van der Waals surface area contributed by atoms with Gasteiger partial charge in [-0.3, -0.25) is 4.79 Å². The molecule has 82 valence electrons. The van der Waals surface area contributed by atoms with Gasteiger partial charge in [0.15, 0.2) is 0 Å². The zero-order chi connectivity index (χ0) is 11.4. The van der Waals surface area contributed by atoms with Gasteiger partial charge in [0, 0.05) is 16.7 Å². The number of rotatable bonds is 4. The fourth-order valence-electron chi connectivity index (χ4n) is 1.10. The summed E-state index contributed by atoms with van der Waals surface area (Å²) in [7, 11) is 0. The number of hydrogen-bond acceptors (Lipinski definition) is 3. The van der Waals surface area contributed by atoms with Crippen LogP contribution >= 0.6 is 15.9 Å². The molecule has 1 amide bonds. The molecule has 0 saturated heterocycles. The predicted molar refractivity (Wildman–Crippen MR) is 64.5 cm³/mol. The van der Waals surface area contributed by atoms with E-state index in [0.29, 0.717) is 6.54 Å². The van der Waals surface area contributed by atoms with Gasteiger partial charge in [-0.25, -0.2) is 0 Å². The highest BCUT2D eigenvalue weighted by molar-refractivity contribution is 9.10. The van der Waals surface area contributed by atoms with Crippen molar-refractivity contribution in [2.75, 3.05) is 11.9 Å². The number of nitrogens with one attached hydrogen (secondary N) is 1. The second-order valence-electron chi connectivity index (χ2n) is 3.33. The lowest BCUT2D eigenvalue weighted by Gasteiger charge is -2.12. The Morgan fingerprint density at radius 1 is 1.60 bits per heavy atom. The van der Waals surface area contributed by atoms with Crippen LogP contribution in [0, 0.1) is 6.92 Å². The molecule has 0 aromatic heterocycles. The number of halogens is 1. The Balaban J connectivity index is 2.66. The van der Waals surface area contributed by atoms with E-state index in [1.165, 1.54) is 0 Å². The predicted octanol–water partition coefficient (Wildman–Crippen LogP) is 0.982. The van der Waals surface area contributed by atoms with E-state index in [2.05, 4.69) is 21.2 Å². The summed E-state index contributed by atoms with van der Waals surface area (Å²) >= 11 is 3.45. The Bertz CT molecular complexity index is 368. The topological polar surface area (TPSA) is 81.1 Å². The van der Waals surface area contributed by atoms with Gasteiger partial charge in [-0.2, -0.15) is 0 Å². The number of hydrogen-bond donors (Lipinski definition) is 3. The molecule has 1 unspecified atom stereocenters. The third kappa shape index (κ3) is 3.21. The van der Waals surface area contributed by atoms with Crippen LogP contribution in [0.2, 0.25) is 0 Å². The molecule has 0 radical (unpaired) electrons. The lowest BCUT2D eigenvalue weighted by molar-refractivity contribution is -0.118. The quantitative estimate of drug-likeness (QED) is 0.764. The van der Waals surface area contributed by atoms with Crippen LogP contribution in [-0.4, -0.2) is 18.5 Å². The van der Waals surface area contributed by atoms with E-state index in [4.69, 9.17) is 11.5 Å². The first-order chi connectivity index (χ1) is 7.02. The van der Waals surface area contributed by atoms with Crippen LogP contribution in [0.15, 0.2) is 22.7 Å². The van der Waals surface area contributed by atoms with E-state index in [1.54, 1.807) is 0 Å². The number of benzene rings is 1. The molecule has 1 aromatic rings. The molecule has 0 fully saturated rings. The van der Waals surface area contributed by atoms with E-state index in [-0.39, 0.29) is 0 Å². The van der Waals surface area contributed by atoms with E-state index < -0.39 is 11.9 Å². The van der Waals surface area contributed by atoms with Crippen LogP contribution in [0.4, 0.5) is 5.69 Å². The highest BCUT2D eigenvalue weighted by atomic mass is 79.9. The standard InChI is InChI=1S/C10H14BrN3O/c1-6-3-2-4-8(9(6)11)14-5-7(12)10(13)15/h2-4,7,14H,5,12H2,1H3,(H2,13,15). The van der Waals surface area contributed by atoms with Crippen LogP contribution in [0.25, 0.3) is 0 Å².